The third kappa shape index (κ3) is 3.25. The van der Waals surface area contributed by atoms with Crippen LogP contribution >= 0.6 is 0 Å². The predicted octanol–water partition coefficient (Wildman–Crippen LogP) is 4.41. The van der Waals surface area contributed by atoms with E-state index in [1.165, 1.54) is 37.7 Å². The van der Waals surface area contributed by atoms with Crippen LogP contribution in [0.1, 0.15) is 39.0 Å². The van der Waals surface area contributed by atoms with Gasteiger partial charge in [0.05, 0.1) is 0 Å². The molecule has 2 aliphatic rings. The van der Waals surface area contributed by atoms with Gasteiger partial charge in [0, 0.05) is 0 Å². The van der Waals surface area contributed by atoms with Gasteiger partial charge in [0.1, 0.15) is 0 Å². The van der Waals surface area contributed by atoms with Gasteiger partial charge in [-0.05, 0) is 48.8 Å². The van der Waals surface area contributed by atoms with E-state index in [4.69, 9.17) is 0 Å². The third-order valence-electron chi connectivity index (χ3n) is 3.54. The van der Waals surface area contributed by atoms with E-state index in [0.717, 1.165) is 11.8 Å². The van der Waals surface area contributed by atoms with Crippen molar-refractivity contribution in [2.45, 2.75) is 39.0 Å². The third-order valence-corrected chi connectivity index (χ3v) is 3.54. The molecule has 15 heavy (non-hydrogen) atoms. The molecular weight excluding hydrogens is 180 g/mol. The fourth-order valence-electron chi connectivity index (χ4n) is 2.49. The summed E-state index contributed by atoms with van der Waals surface area (Å²) >= 11 is 0. The van der Waals surface area contributed by atoms with Gasteiger partial charge in [0.25, 0.3) is 0 Å². The highest BCUT2D eigenvalue weighted by molar-refractivity contribution is 5.29. The van der Waals surface area contributed by atoms with Crippen molar-refractivity contribution in [3.05, 3.63) is 41.7 Å². The Balaban J connectivity index is 1.89. The molecule has 0 bridgehead atoms. The molecule has 0 radical (unpaired) electrons. The molecule has 0 heterocycles. The molecule has 0 aromatic heterocycles. The molecule has 0 aromatic rings. The zero-order chi connectivity index (χ0) is 10.5. The van der Waals surface area contributed by atoms with Crippen LogP contribution in [-0.2, 0) is 0 Å². The monoisotopic (exact) mass is 200 g/mol. The average Bonchev–Trinajstić information content (AvgIpc) is 2.50. The van der Waals surface area contributed by atoms with E-state index in [1.54, 1.807) is 0 Å². The largest absolute Gasteiger partial charge is 0.121 e. The fraction of sp³-hybridized carbons (Fsp3) is 0.533. The SMILES string of the molecule is CC1CCC(CC2=CC=CC=C=C2)CC1. The van der Waals surface area contributed by atoms with Crippen molar-refractivity contribution >= 4 is 0 Å². The molecular formula is C15H20. The van der Waals surface area contributed by atoms with Gasteiger partial charge in [-0.1, -0.05) is 38.0 Å². The standard InChI is InChI=1S/C15H20/c1-13-8-10-15(11-9-13)12-14-6-4-2-3-5-7-14/h2-4,6-7,13,15H,8-12H2,1H3. The minimum absolute atomic E-state index is 0.914. The molecule has 0 atom stereocenters. The summed E-state index contributed by atoms with van der Waals surface area (Å²) in [5, 5.41) is 0. The highest BCUT2D eigenvalue weighted by Crippen LogP contribution is 2.32. The van der Waals surface area contributed by atoms with Crippen molar-refractivity contribution in [3.8, 4) is 0 Å². The Kier molecular flexibility index (Phi) is 3.64. The Morgan fingerprint density at radius 1 is 1.20 bits per heavy atom. The highest BCUT2D eigenvalue weighted by Gasteiger charge is 2.18. The van der Waals surface area contributed by atoms with Gasteiger partial charge in [0.15, 0.2) is 0 Å². The second kappa shape index (κ2) is 5.19. The zero-order valence-corrected chi connectivity index (χ0v) is 9.58. The molecule has 2 aliphatic carbocycles. The van der Waals surface area contributed by atoms with Gasteiger partial charge in [-0.25, -0.2) is 0 Å². The van der Waals surface area contributed by atoms with Crippen LogP contribution in [0, 0.1) is 11.8 Å². The average molecular weight is 200 g/mol. The number of hydrogen-bond acceptors (Lipinski definition) is 0. The first-order chi connectivity index (χ1) is 7.34. The van der Waals surface area contributed by atoms with E-state index in [9.17, 15) is 0 Å². The maximum Gasteiger partial charge on any atom is -0.0168 e. The van der Waals surface area contributed by atoms with Crippen molar-refractivity contribution in [3.63, 3.8) is 0 Å². The van der Waals surface area contributed by atoms with Crippen LogP contribution in [0.4, 0.5) is 0 Å². The number of allylic oxidation sites excluding steroid dienone is 5. The molecule has 0 nitrogen and oxygen atoms in total. The Labute approximate surface area is 93.1 Å². The summed E-state index contributed by atoms with van der Waals surface area (Å²) in [6, 6.07) is 0. The van der Waals surface area contributed by atoms with Crippen LogP contribution in [-0.4, -0.2) is 0 Å². The van der Waals surface area contributed by atoms with E-state index < -0.39 is 0 Å². The lowest BCUT2D eigenvalue weighted by atomic mass is 9.80. The molecule has 80 valence electrons. The van der Waals surface area contributed by atoms with Gasteiger partial charge in [0.2, 0.25) is 0 Å². The summed E-state index contributed by atoms with van der Waals surface area (Å²) in [6.07, 6.45) is 17.4. The molecule has 0 N–H and O–H groups in total. The summed E-state index contributed by atoms with van der Waals surface area (Å²) in [5.74, 6) is 1.87. The first-order valence-electron chi connectivity index (χ1n) is 6.13. The first kappa shape index (κ1) is 10.5. The number of hydrogen-bond donors (Lipinski definition) is 0. The molecule has 0 saturated heterocycles. The minimum atomic E-state index is 0.914. The van der Waals surface area contributed by atoms with Crippen LogP contribution in [0.15, 0.2) is 41.7 Å². The molecule has 1 fully saturated rings. The van der Waals surface area contributed by atoms with Crippen molar-refractivity contribution in [2.24, 2.45) is 11.8 Å². The summed E-state index contributed by atoms with van der Waals surface area (Å²) in [7, 11) is 0. The lowest BCUT2D eigenvalue weighted by Gasteiger charge is -2.26. The number of rotatable bonds is 2. The van der Waals surface area contributed by atoms with Gasteiger partial charge in [-0.15, -0.1) is 5.73 Å². The van der Waals surface area contributed by atoms with Crippen LogP contribution in [0.2, 0.25) is 0 Å². The molecule has 0 heteroatoms. The van der Waals surface area contributed by atoms with Crippen LogP contribution in [0.25, 0.3) is 0 Å². The molecule has 1 saturated carbocycles. The summed E-state index contributed by atoms with van der Waals surface area (Å²) in [4.78, 5) is 0. The van der Waals surface area contributed by atoms with Crippen LogP contribution in [0.3, 0.4) is 0 Å². The van der Waals surface area contributed by atoms with Crippen molar-refractivity contribution in [1.29, 1.82) is 0 Å². The van der Waals surface area contributed by atoms with E-state index >= 15 is 0 Å². The Bertz CT molecular complexity index is 316. The van der Waals surface area contributed by atoms with Crippen LogP contribution in [0.5, 0.6) is 0 Å². The second-order valence-corrected chi connectivity index (χ2v) is 4.93. The van der Waals surface area contributed by atoms with Crippen molar-refractivity contribution in [2.75, 3.05) is 0 Å². The Morgan fingerprint density at radius 3 is 2.80 bits per heavy atom. The highest BCUT2D eigenvalue weighted by atomic mass is 14.2. The Morgan fingerprint density at radius 2 is 2.00 bits per heavy atom. The fourth-order valence-corrected chi connectivity index (χ4v) is 2.49. The quantitative estimate of drug-likeness (QED) is 0.579. The van der Waals surface area contributed by atoms with Gasteiger partial charge in [-0.3, -0.25) is 0 Å². The van der Waals surface area contributed by atoms with Crippen molar-refractivity contribution < 1.29 is 0 Å². The first-order valence-corrected chi connectivity index (χ1v) is 6.13. The van der Waals surface area contributed by atoms with E-state index in [0.29, 0.717) is 0 Å². The Hall–Kier alpha value is -1.00. The molecule has 0 aromatic carbocycles. The topological polar surface area (TPSA) is 0 Å². The molecule has 0 amide bonds. The molecule has 0 aliphatic heterocycles. The summed E-state index contributed by atoms with van der Waals surface area (Å²) in [6.45, 7) is 2.38. The molecule has 0 spiro atoms. The van der Waals surface area contributed by atoms with Gasteiger partial charge >= 0.3 is 0 Å². The normalized spacial score (nSPS) is 30.1. The smallest absolute Gasteiger partial charge is 0.0168 e. The summed E-state index contributed by atoms with van der Waals surface area (Å²) in [5.41, 5.74) is 4.63. The molecule has 2 rings (SSSR count). The van der Waals surface area contributed by atoms with E-state index in [2.05, 4.69) is 30.9 Å². The van der Waals surface area contributed by atoms with Gasteiger partial charge in [-0.2, -0.15) is 0 Å². The van der Waals surface area contributed by atoms with E-state index in [1.807, 2.05) is 12.2 Å². The maximum atomic E-state index is 3.19. The minimum Gasteiger partial charge on any atom is -0.121 e. The lowest BCUT2D eigenvalue weighted by molar-refractivity contribution is 0.289. The van der Waals surface area contributed by atoms with Crippen molar-refractivity contribution in [1.82, 2.24) is 0 Å². The van der Waals surface area contributed by atoms with Crippen LogP contribution < -0.4 is 0 Å². The summed E-state index contributed by atoms with van der Waals surface area (Å²) < 4.78 is 0. The lowest BCUT2D eigenvalue weighted by Crippen LogP contribution is -2.12. The van der Waals surface area contributed by atoms with E-state index in [-0.39, 0.29) is 0 Å². The van der Waals surface area contributed by atoms with Gasteiger partial charge < -0.3 is 0 Å². The predicted molar refractivity (Wildman–Crippen MR) is 65.6 cm³/mol. The second-order valence-electron chi connectivity index (χ2n) is 4.93. The maximum absolute atomic E-state index is 3.19. The molecule has 0 unspecified atom stereocenters. The zero-order valence-electron chi connectivity index (χ0n) is 9.58.